The van der Waals surface area contributed by atoms with Crippen molar-refractivity contribution in [1.29, 1.82) is 0 Å². The summed E-state index contributed by atoms with van der Waals surface area (Å²) in [5.41, 5.74) is 0.238. The Labute approximate surface area is 102 Å². The average molecular weight is 278 g/mol. The molecule has 0 aliphatic heterocycles. The zero-order valence-corrected chi connectivity index (χ0v) is 11.8. The Bertz CT molecular complexity index is 170. The Kier molecular flexibility index (Phi) is 8.12. The zero-order chi connectivity index (χ0) is 11.7. The van der Waals surface area contributed by atoms with Gasteiger partial charge in [-0.25, -0.2) is 0 Å². The quantitative estimate of drug-likeness (QED) is 0.676. The predicted octanol–water partition coefficient (Wildman–Crippen LogP) is 3.49. The number of halogens is 1. The van der Waals surface area contributed by atoms with Crippen LogP contribution < -0.4 is 5.32 Å². The van der Waals surface area contributed by atoms with Crippen LogP contribution in [-0.2, 0) is 4.79 Å². The molecule has 1 amide bonds. The maximum atomic E-state index is 11.5. The minimum absolute atomic E-state index is 0.198. The third-order valence-corrected chi connectivity index (χ3v) is 4.39. The average Bonchev–Trinajstić information content (AvgIpc) is 2.29. The van der Waals surface area contributed by atoms with Crippen LogP contribution >= 0.6 is 15.9 Å². The van der Waals surface area contributed by atoms with Crippen LogP contribution in [0.5, 0.6) is 0 Å². The first-order chi connectivity index (χ1) is 7.14. The molecule has 0 unspecified atom stereocenters. The maximum Gasteiger partial charge on any atom is 0.220 e. The summed E-state index contributed by atoms with van der Waals surface area (Å²) in [6, 6.07) is 0. The summed E-state index contributed by atoms with van der Waals surface area (Å²) in [6.07, 6.45) is 4.94. The molecule has 3 heteroatoms. The summed E-state index contributed by atoms with van der Waals surface area (Å²) in [4.78, 5) is 11.5. The van der Waals surface area contributed by atoms with Crippen LogP contribution in [0.15, 0.2) is 0 Å². The minimum Gasteiger partial charge on any atom is -0.356 e. The van der Waals surface area contributed by atoms with Crippen LogP contribution in [0.2, 0.25) is 0 Å². The van der Waals surface area contributed by atoms with Crippen molar-refractivity contribution in [1.82, 2.24) is 5.32 Å². The Hall–Kier alpha value is -0.0500. The number of unbranched alkanes of at least 4 members (excludes halogenated alkanes) is 1. The van der Waals surface area contributed by atoms with Crippen molar-refractivity contribution in [3.63, 3.8) is 0 Å². The Morgan fingerprint density at radius 2 is 1.87 bits per heavy atom. The van der Waals surface area contributed by atoms with Gasteiger partial charge in [-0.15, -0.1) is 0 Å². The van der Waals surface area contributed by atoms with Crippen molar-refractivity contribution in [2.75, 3.05) is 11.9 Å². The number of hydrogen-bond donors (Lipinski definition) is 1. The van der Waals surface area contributed by atoms with E-state index in [2.05, 4.69) is 42.0 Å². The topological polar surface area (TPSA) is 29.1 Å². The van der Waals surface area contributed by atoms with Crippen molar-refractivity contribution in [3.8, 4) is 0 Å². The summed E-state index contributed by atoms with van der Waals surface area (Å²) in [6.45, 7) is 7.27. The number of carbonyl (C=O) groups is 1. The lowest BCUT2D eigenvalue weighted by Gasteiger charge is -2.29. The minimum atomic E-state index is 0.198. The zero-order valence-electron chi connectivity index (χ0n) is 10.2. The highest BCUT2D eigenvalue weighted by Gasteiger charge is 2.24. The maximum absolute atomic E-state index is 11.5. The Morgan fingerprint density at radius 3 is 2.27 bits per heavy atom. The predicted molar refractivity (Wildman–Crippen MR) is 69.3 cm³/mol. The second kappa shape index (κ2) is 8.14. The molecule has 0 spiro atoms. The molecule has 2 nitrogen and oxygen atoms in total. The standard InChI is InChI=1S/C12H24BrNO/c1-4-7-8-11(15)14-10-12(5-2,6-3)9-13/h4-10H2,1-3H3,(H,14,15). The second-order valence-electron chi connectivity index (χ2n) is 4.22. The van der Waals surface area contributed by atoms with Gasteiger partial charge in [0.15, 0.2) is 0 Å². The van der Waals surface area contributed by atoms with Gasteiger partial charge in [-0.2, -0.15) is 0 Å². The Balaban J connectivity index is 3.93. The normalized spacial score (nSPS) is 11.5. The van der Waals surface area contributed by atoms with E-state index in [1.807, 2.05) is 0 Å². The van der Waals surface area contributed by atoms with Crippen molar-refractivity contribution < 1.29 is 4.79 Å². The lowest BCUT2D eigenvalue weighted by molar-refractivity contribution is -0.121. The lowest BCUT2D eigenvalue weighted by Crippen LogP contribution is -2.38. The van der Waals surface area contributed by atoms with E-state index in [-0.39, 0.29) is 11.3 Å². The number of nitrogens with one attached hydrogen (secondary N) is 1. The van der Waals surface area contributed by atoms with Crippen LogP contribution in [-0.4, -0.2) is 17.8 Å². The second-order valence-corrected chi connectivity index (χ2v) is 4.78. The van der Waals surface area contributed by atoms with Crippen LogP contribution in [0.3, 0.4) is 0 Å². The first-order valence-electron chi connectivity index (χ1n) is 5.96. The molecular weight excluding hydrogens is 254 g/mol. The number of alkyl halides is 1. The molecule has 15 heavy (non-hydrogen) atoms. The van der Waals surface area contributed by atoms with Gasteiger partial charge >= 0.3 is 0 Å². The summed E-state index contributed by atoms with van der Waals surface area (Å²) in [5, 5.41) is 4.00. The van der Waals surface area contributed by atoms with Gasteiger partial charge in [0.05, 0.1) is 0 Å². The van der Waals surface area contributed by atoms with E-state index in [1.165, 1.54) is 0 Å². The number of rotatable bonds is 8. The molecule has 1 N–H and O–H groups in total. The largest absolute Gasteiger partial charge is 0.356 e. The Morgan fingerprint density at radius 1 is 1.27 bits per heavy atom. The first-order valence-corrected chi connectivity index (χ1v) is 7.09. The molecule has 0 aliphatic rings. The lowest BCUT2D eigenvalue weighted by atomic mass is 9.84. The fourth-order valence-electron chi connectivity index (χ4n) is 1.45. The molecule has 0 aliphatic carbocycles. The molecule has 0 atom stereocenters. The van der Waals surface area contributed by atoms with Crippen LogP contribution in [0.1, 0.15) is 52.9 Å². The number of amides is 1. The van der Waals surface area contributed by atoms with E-state index in [1.54, 1.807) is 0 Å². The summed E-state index contributed by atoms with van der Waals surface area (Å²) in [7, 11) is 0. The number of carbonyl (C=O) groups excluding carboxylic acids is 1. The molecule has 0 radical (unpaired) electrons. The molecule has 0 saturated heterocycles. The molecule has 0 heterocycles. The summed E-state index contributed by atoms with van der Waals surface area (Å²) < 4.78 is 0. The summed E-state index contributed by atoms with van der Waals surface area (Å²) >= 11 is 3.54. The van der Waals surface area contributed by atoms with Crippen LogP contribution in [0.4, 0.5) is 0 Å². The molecule has 0 aromatic carbocycles. The monoisotopic (exact) mass is 277 g/mol. The van der Waals surface area contributed by atoms with E-state index < -0.39 is 0 Å². The van der Waals surface area contributed by atoms with E-state index in [9.17, 15) is 4.79 Å². The van der Waals surface area contributed by atoms with Gasteiger partial charge in [0.25, 0.3) is 0 Å². The van der Waals surface area contributed by atoms with Crippen molar-refractivity contribution in [2.45, 2.75) is 52.9 Å². The van der Waals surface area contributed by atoms with E-state index in [0.717, 1.165) is 37.6 Å². The fourth-order valence-corrected chi connectivity index (χ4v) is 2.44. The molecule has 0 aromatic rings. The molecule has 0 fully saturated rings. The fraction of sp³-hybridized carbons (Fsp3) is 0.917. The summed E-state index contributed by atoms with van der Waals surface area (Å²) in [5.74, 6) is 0.198. The molecular formula is C12H24BrNO. The van der Waals surface area contributed by atoms with Gasteiger partial charge in [0, 0.05) is 18.3 Å². The van der Waals surface area contributed by atoms with E-state index in [4.69, 9.17) is 0 Å². The molecule has 90 valence electrons. The first kappa shape index (κ1) is 14.9. The van der Waals surface area contributed by atoms with Crippen LogP contribution in [0.25, 0.3) is 0 Å². The van der Waals surface area contributed by atoms with Crippen LogP contribution in [0, 0.1) is 5.41 Å². The third-order valence-electron chi connectivity index (χ3n) is 3.20. The van der Waals surface area contributed by atoms with Gasteiger partial charge in [-0.3, -0.25) is 4.79 Å². The third kappa shape index (κ3) is 5.55. The van der Waals surface area contributed by atoms with Crippen molar-refractivity contribution in [3.05, 3.63) is 0 Å². The van der Waals surface area contributed by atoms with Crippen molar-refractivity contribution in [2.24, 2.45) is 5.41 Å². The highest BCUT2D eigenvalue weighted by Crippen LogP contribution is 2.27. The molecule has 0 rings (SSSR count). The van der Waals surface area contributed by atoms with E-state index in [0.29, 0.717) is 6.42 Å². The van der Waals surface area contributed by atoms with Gasteiger partial charge in [-0.1, -0.05) is 43.1 Å². The molecule has 0 aromatic heterocycles. The van der Waals surface area contributed by atoms with E-state index >= 15 is 0 Å². The van der Waals surface area contributed by atoms with Gasteiger partial charge in [0.2, 0.25) is 5.91 Å². The SMILES string of the molecule is CCCCC(=O)NCC(CC)(CC)CBr. The molecule has 0 bridgehead atoms. The van der Waals surface area contributed by atoms with Gasteiger partial charge in [0.1, 0.15) is 0 Å². The number of hydrogen-bond acceptors (Lipinski definition) is 1. The van der Waals surface area contributed by atoms with Crippen molar-refractivity contribution >= 4 is 21.8 Å². The molecule has 0 saturated carbocycles. The van der Waals surface area contributed by atoms with Gasteiger partial charge in [-0.05, 0) is 24.7 Å². The van der Waals surface area contributed by atoms with Gasteiger partial charge < -0.3 is 5.32 Å². The smallest absolute Gasteiger partial charge is 0.220 e. The highest BCUT2D eigenvalue weighted by molar-refractivity contribution is 9.09. The highest BCUT2D eigenvalue weighted by atomic mass is 79.9.